The highest BCUT2D eigenvalue weighted by molar-refractivity contribution is 7.15. The Morgan fingerprint density at radius 3 is 2.55 bits per heavy atom. The van der Waals surface area contributed by atoms with Gasteiger partial charge in [-0.15, -0.1) is 10.2 Å². The van der Waals surface area contributed by atoms with Gasteiger partial charge in [0.15, 0.2) is 0 Å². The van der Waals surface area contributed by atoms with E-state index in [-0.39, 0.29) is 27.2 Å². The molecule has 0 bridgehead atoms. The van der Waals surface area contributed by atoms with Crippen LogP contribution in [-0.4, -0.2) is 23.3 Å². The van der Waals surface area contributed by atoms with E-state index in [0.29, 0.717) is 5.75 Å². The van der Waals surface area contributed by atoms with Gasteiger partial charge in [-0.25, -0.2) is 9.69 Å². The molecule has 0 unspecified atom stereocenters. The van der Waals surface area contributed by atoms with Crippen LogP contribution in [0.25, 0.3) is 0 Å². The van der Waals surface area contributed by atoms with Gasteiger partial charge in [-0.05, 0) is 18.2 Å². The molecular formula is C11H8ClF3N4O2S. The van der Waals surface area contributed by atoms with Crippen molar-refractivity contribution in [3.8, 4) is 5.75 Å². The molecule has 0 aliphatic carbocycles. The number of nitrogens with zero attached hydrogens (tertiary/aromatic N) is 3. The fourth-order valence-corrected chi connectivity index (χ4v) is 2.54. The fourth-order valence-electron chi connectivity index (χ4n) is 1.55. The predicted octanol–water partition coefficient (Wildman–Crippen LogP) is 3.44. The summed E-state index contributed by atoms with van der Waals surface area (Å²) >= 11 is 6.12. The Balaban J connectivity index is 2.45. The zero-order valence-corrected chi connectivity index (χ0v) is 12.5. The van der Waals surface area contributed by atoms with Gasteiger partial charge < -0.3 is 10.5 Å². The van der Waals surface area contributed by atoms with Crippen molar-refractivity contribution in [1.82, 2.24) is 10.2 Å². The number of hydrogen-bond acceptors (Lipinski definition) is 5. The molecule has 0 aliphatic heterocycles. The number of rotatable bonds is 3. The molecule has 11 heteroatoms. The van der Waals surface area contributed by atoms with Gasteiger partial charge in [-0.3, -0.25) is 0 Å². The van der Waals surface area contributed by atoms with Gasteiger partial charge in [0.25, 0.3) is 0 Å². The molecule has 1 heterocycles. The van der Waals surface area contributed by atoms with Gasteiger partial charge >= 0.3 is 12.2 Å². The first-order valence-corrected chi connectivity index (χ1v) is 6.77. The highest BCUT2D eigenvalue weighted by Gasteiger charge is 2.37. The summed E-state index contributed by atoms with van der Waals surface area (Å²) in [5.74, 6) is 0.336. The van der Waals surface area contributed by atoms with Crippen LogP contribution < -0.4 is 15.4 Å². The van der Waals surface area contributed by atoms with Crippen molar-refractivity contribution in [3.05, 3.63) is 28.2 Å². The molecule has 0 fully saturated rings. The third kappa shape index (κ3) is 3.22. The van der Waals surface area contributed by atoms with Gasteiger partial charge in [0.05, 0.1) is 17.8 Å². The van der Waals surface area contributed by atoms with Gasteiger partial charge in [0, 0.05) is 0 Å². The van der Waals surface area contributed by atoms with Crippen LogP contribution in [0.3, 0.4) is 0 Å². The quantitative estimate of drug-likeness (QED) is 0.917. The summed E-state index contributed by atoms with van der Waals surface area (Å²) in [6, 6.07) is 3.15. The zero-order valence-electron chi connectivity index (χ0n) is 10.9. The monoisotopic (exact) mass is 352 g/mol. The van der Waals surface area contributed by atoms with Crippen LogP contribution in [0.2, 0.25) is 5.02 Å². The largest absolute Gasteiger partial charge is 0.495 e. The molecule has 22 heavy (non-hydrogen) atoms. The highest BCUT2D eigenvalue weighted by atomic mass is 35.5. The highest BCUT2D eigenvalue weighted by Crippen LogP contribution is 2.38. The maximum Gasteiger partial charge on any atom is 0.445 e. The normalized spacial score (nSPS) is 11.3. The van der Waals surface area contributed by atoms with Crippen molar-refractivity contribution in [3.63, 3.8) is 0 Å². The molecule has 0 atom stereocenters. The molecular weight excluding hydrogens is 345 g/mol. The van der Waals surface area contributed by atoms with Crippen molar-refractivity contribution in [2.45, 2.75) is 6.18 Å². The Bertz CT molecular complexity index is 707. The summed E-state index contributed by atoms with van der Waals surface area (Å²) in [4.78, 5) is 12.3. The van der Waals surface area contributed by atoms with Crippen molar-refractivity contribution >= 4 is 39.8 Å². The summed E-state index contributed by atoms with van der Waals surface area (Å²) in [7, 11) is 1.40. The predicted molar refractivity (Wildman–Crippen MR) is 74.6 cm³/mol. The zero-order chi connectivity index (χ0) is 16.5. The topological polar surface area (TPSA) is 81.3 Å². The number of methoxy groups -OCH3 is 1. The number of benzene rings is 1. The van der Waals surface area contributed by atoms with E-state index < -0.39 is 17.2 Å². The molecule has 0 radical (unpaired) electrons. The van der Waals surface area contributed by atoms with Gasteiger partial charge in [-0.2, -0.15) is 13.2 Å². The smallest absolute Gasteiger partial charge is 0.445 e. The van der Waals surface area contributed by atoms with E-state index in [1.807, 2.05) is 0 Å². The molecule has 2 amide bonds. The van der Waals surface area contributed by atoms with E-state index >= 15 is 0 Å². The minimum Gasteiger partial charge on any atom is -0.495 e. The lowest BCUT2D eigenvalue weighted by Gasteiger charge is -2.17. The number of halogens is 4. The molecule has 118 valence electrons. The molecule has 0 aliphatic rings. The van der Waals surface area contributed by atoms with E-state index in [2.05, 4.69) is 10.2 Å². The maximum atomic E-state index is 12.6. The summed E-state index contributed by atoms with van der Waals surface area (Å²) < 4.78 is 42.7. The number of nitrogens with two attached hydrogens (primary N) is 1. The number of urea groups is 1. The first-order valence-electron chi connectivity index (χ1n) is 5.58. The molecule has 0 saturated heterocycles. The number of aromatic nitrogens is 2. The Labute approximate surface area is 131 Å². The molecule has 2 rings (SSSR count). The Morgan fingerprint density at radius 1 is 1.41 bits per heavy atom. The first-order chi connectivity index (χ1) is 10.2. The second-order valence-corrected chi connectivity index (χ2v) is 5.24. The number of anilines is 2. The third-order valence-electron chi connectivity index (χ3n) is 2.46. The maximum absolute atomic E-state index is 12.6. The van der Waals surface area contributed by atoms with Gasteiger partial charge in [-0.1, -0.05) is 22.9 Å². The lowest BCUT2D eigenvalue weighted by molar-refractivity contribution is -0.138. The van der Waals surface area contributed by atoms with Crippen LogP contribution in [0.1, 0.15) is 5.01 Å². The number of ether oxygens (including phenoxy) is 1. The Morgan fingerprint density at radius 2 is 2.09 bits per heavy atom. The fraction of sp³-hybridized carbons (Fsp3) is 0.182. The average molecular weight is 353 g/mol. The number of hydrogen-bond donors (Lipinski definition) is 1. The number of amides is 2. The minimum absolute atomic E-state index is 0.142. The molecule has 2 N–H and O–H groups in total. The van der Waals surface area contributed by atoms with Crippen molar-refractivity contribution in [1.29, 1.82) is 0 Å². The lowest BCUT2D eigenvalue weighted by Crippen LogP contribution is -2.31. The van der Waals surface area contributed by atoms with Crippen LogP contribution >= 0.6 is 22.9 Å². The number of carbonyl (C=O) groups excluding carboxylic acids is 1. The summed E-state index contributed by atoms with van der Waals surface area (Å²) in [5, 5.41) is 5.01. The van der Waals surface area contributed by atoms with Crippen LogP contribution in [0.15, 0.2) is 18.2 Å². The minimum atomic E-state index is -4.66. The summed E-state index contributed by atoms with van der Waals surface area (Å²) in [6.45, 7) is 0. The number of primary amides is 1. The number of carbonyl (C=O) groups is 1. The molecule has 1 aromatic carbocycles. The van der Waals surface area contributed by atoms with Gasteiger partial charge in [0.2, 0.25) is 10.1 Å². The van der Waals surface area contributed by atoms with Gasteiger partial charge in [0.1, 0.15) is 5.75 Å². The molecule has 1 aromatic heterocycles. The van der Waals surface area contributed by atoms with E-state index in [9.17, 15) is 18.0 Å². The van der Waals surface area contributed by atoms with E-state index in [1.54, 1.807) is 0 Å². The SMILES string of the molecule is COc1ccc(N(C(N)=O)c2nnc(C(F)(F)F)s2)cc1Cl. The Kier molecular flexibility index (Phi) is 4.42. The standard InChI is InChI=1S/C11H8ClF3N4O2S/c1-21-7-3-2-5(4-6(7)12)19(9(16)20)10-18-17-8(22-10)11(13,14)15/h2-4H,1H3,(H2,16,20). The van der Waals surface area contributed by atoms with Crippen molar-refractivity contribution in [2.24, 2.45) is 5.73 Å². The summed E-state index contributed by atoms with van der Waals surface area (Å²) in [5.41, 5.74) is 5.35. The lowest BCUT2D eigenvalue weighted by atomic mass is 10.3. The Hall–Kier alpha value is -2.07. The van der Waals surface area contributed by atoms with E-state index in [0.717, 1.165) is 4.90 Å². The first kappa shape index (κ1) is 16.3. The van der Waals surface area contributed by atoms with E-state index in [1.165, 1.54) is 25.3 Å². The van der Waals surface area contributed by atoms with Crippen LogP contribution in [0, 0.1) is 0 Å². The number of alkyl halides is 3. The third-order valence-corrected chi connectivity index (χ3v) is 3.71. The van der Waals surface area contributed by atoms with Crippen molar-refractivity contribution < 1.29 is 22.7 Å². The molecule has 0 spiro atoms. The van der Waals surface area contributed by atoms with Crippen LogP contribution in [-0.2, 0) is 6.18 Å². The molecule has 6 nitrogen and oxygen atoms in total. The average Bonchev–Trinajstić information content (AvgIpc) is 2.88. The second-order valence-electron chi connectivity index (χ2n) is 3.88. The molecule has 0 saturated carbocycles. The van der Waals surface area contributed by atoms with Crippen LogP contribution in [0.4, 0.5) is 28.8 Å². The second kappa shape index (κ2) is 5.97. The summed E-state index contributed by atoms with van der Waals surface area (Å²) in [6.07, 6.45) is -4.66. The van der Waals surface area contributed by atoms with E-state index in [4.69, 9.17) is 22.1 Å². The van der Waals surface area contributed by atoms with Crippen LogP contribution in [0.5, 0.6) is 5.75 Å². The van der Waals surface area contributed by atoms with Crippen molar-refractivity contribution in [2.75, 3.05) is 12.0 Å². The molecule has 2 aromatic rings.